The van der Waals surface area contributed by atoms with Gasteiger partial charge in [-0.25, -0.2) is 0 Å². The molecular formula is C9H12O2. The van der Waals surface area contributed by atoms with Crippen LogP contribution in [0.2, 0.25) is 0 Å². The highest BCUT2D eigenvalue weighted by atomic mass is 16.1. The molecule has 0 radical (unpaired) electrons. The molecule has 0 fully saturated rings. The van der Waals surface area contributed by atoms with Gasteiger partial charge in [-0.2, -0.15) is 0 Å². The molecule has 11 heavy (non-hydrogen) atoms. The zero-order valence-corrected chi connectivity index (χ0v) is 6.67. The molecule has 0 heterocycles. The van der Waals surface area contributed by atoms with Gasteiger partial charge in [-0.3, -0.25) is 4.79 Å². The van der Waals surface area contributed by atoms with Crippen molar-refractivity contribution < 1.29 is 9.59 Å². The van der Waals surface area contributed by atoms with Gasteiger partial charge in [-0.05, 0) is 25.5 Å². The summed E-state index contributed by atoms with van der Waals surface area (Å²) in [6, 6.07) is 0. The lowest BCUT2D eigenvalue weighted by atomic mass is 10.2. The first-order valence-corrected chi connectivity index (χ1v) is 3.49. The summed E-state index contributed by atoms with van der Waals surface area (Å²) >= 11 is 0. The largest absolute Gasteiger partial charge is 0.300 e. The molecule has 0 aliphatic heterocycles. The Morgan fingerprint density at radius 2 is 2.09 bits per heavy atom. The number of allylic oxidation sites excluding steroid dienone is 3. The van der Waals surface area contributed by atoms with E-state index in [1.807, 2.05) is 0 Å². The van der Waals surface area contributed by atoms with Crippen LogP contribution in [0.5, 0.6) is 0 Å². The van der Waals surface area contributed by atoms with Crippen molar-refractivity contribution in [1.82, 2.24) is 0 Å². The van der Waals surface area contributed by atoms with E-state index in [2.05, 4.69) is 6.58 Å². The van der Waals surface area contributed by atoms with Gasteiger partial charge in [0.15, 0.2) is 5.78 Å². The molecule has 0 aliphatic rings. The van der Waals surface area contributed by atoms with Crippen LogP contribution in [0.25, 0.3) is 0 Å². The summed E-state index contributed by atoms with van der Waals surface area (Å²) in [5, 5.41) is 0. The molecule has 0 amide bonds. The second kappa shape index (κ2) is 5.59. The average Bonchev–Trinajstić information content (AvgIpc) is 1.97. The highest BCUT2D eigenvalue weighted by Gasteiger charge is 1.89. The molecule has 0 aromatic heterocycles. The highest BCUT2D eigenvalue weighted by Crippen LogP contribution is 1.92. The first kappa shape index (κ1) is 9.82. The van der Waals surface area contributed by atoms with Crippen molar-refractivity contribution in [1.29, 1.82) is 0 Å². The van der Waals surface area contributed by atoms with Crippen LogP contribution in [0.4, 0.5) is 0 Å². The lowest BCUT2D eigenvalue weighted by Gasteiger charge is -1.86. The van der Waals surface area contributed by atoms with E-state index in [4.69, 9.17) is 0 Å². The molecule has 2 nitrogen and oxygen atoms in total. The predicted molar refractivity (Wildman–Crippen MR) is 44.3 cm³/mol. The minimum Gasteiger partial charge on any atom is -0.300 e. The third kappa shape index (κ3) is 6.71. The quantitative estimate of drug-likeness (QED) is 0.561. The van der Waals surface area contributed by atoms with E-state index in [0.717, 1.165) is 0 Å². The van der Waals surface area contributed by atoms with Crippen LogP contribution in [0.1, 0.15) is 19.8 Å². The van der Waals surface area contributed by atoms with Crippen molar-refractivity contribution in [2.24, 2.45) is 0 Å². The number of hydrogen-bond acceptors (Lipinski definition) is 2. The summed E-state index contributed by atoms with van der Waals surface area (Å²) in [7, 11) is 0. The van der Waals surface area contributed by atoms with Gasteiger partial charge in [0, 0.05) is 6.42 Å². The summed E-state index contributed by atoms with van der Waals surface area (Å²) in [4.78, 5) is 21.0. The molecule has 0 aromatic rings. The molecule has 0 unspecified atom stereocenters. The maximum atomic E-state index is 10.6. The summed E-state index contributed by atoms with van der Waals surface area (Å²) in [6.07, 6.45) is 5.49. The second-order valence-electron chi connectivity index (χ2n) is 2.25. The molecule has 0 aromatic carbocycles. The summed E-state index contributed by atoms with van der Waals surface area (Å²) in [5.74, 6) is 0.0225. The minimum absolute atomic E-state index is 0.117. The molecule has 0 atom stereocenters. The molecular weight excluding hydrogens is 140 g/mol. The molecule has 0 spiro atoms. The van der Waals surface area contributed by atoms with Crippen molar-refractivity contribution in [2.75, 3.05) is 0 Å². The monoisotopic (exact) mass is 152 g/mol. The first-order chi connectivity index (χ1) is 5.16. The smallest absolute Gasteiger partial charge is 0.177 e. The van der Waals surface area contributed by atoms with Crippen LogP contribution in [-0.4, -0.2) is 11.6 Å². The van der Waals surface area contributed by atoms with Gasteiger partial charge in [-0.1, -0.05) is 12.7 Å². The van der Waals surface area contributed by atoms with Gasteiger partial charge < -0.3 is 4.79 Å². The van der Waals surface area contributed by atoms with Crippen LogP contribution >= 0.6 is 0 Å². The Bertz CT molecular complexity index is 190. The summed E-state index contributed by atoms with van der Waals surface area (Å²) < 4.78 is 0. The third-order valence-electron chi connectivity index (χ3n) is 1.15. The Balaban J connectivity index is 3.52. The molecule has 2 heteroatoms. The second-order valence-corrected chi connectivity index (χ2v) is 2.25. The normalized spacial score (nSPS) is 9.91. The van der Waals surface area contributed by atoms with E-state index in [1.54, 1.807) is 6.08 Å². The number of ketones is 2. The number of carbonyl (C=O) groups is 2. The molecule has 0 saturated carbocycles. The molecule has 60 valence electrons. The van der Waals surface area contributed by atoms with Crippen molar-refractivity contribution >= 4 is 11.6 Å². The van der Waals surface area contributed by atoms with E-state index < -0.39 is 0 Å². The third-order valence-corrected chi connectivity index (χ3v) is 1.15. The number of carbonyl (C=O) groups excluding carboxylic acids is 2. The van der Waals surface area contributed by atoms with Crippen LogP contribution in [-0.2, 0) is 9.59 Å². The first-order valence-electron chi connectivity index (χ1n) is 3.49. The van der Waals surface area contributed by atoms with Crippen LogP contribution < -0.4 is 0 Å². The minimum atomic E-state index is -0.117. The number of rotatable bonds is 5. The van der Waals surface area contributed by atoms with Gasteiger partial charge >= 0.3 is 0 Å². The Morgan fingerprint density at radius 1 is 1.45 bits per heavy atom. The van der Waals surface area contributed by atoms with Crippen LogP contribution in [0.3, 0.4) is 0 Å². The fourth-order valence-corrected chi connectivity index (χ4v) is 0.554. The van der Waals surface area contributed by atoms with Gasteiger partial charge in [0.25, 0.3) is 0 Å². The van der Waals surface area contributed by atoms with Crippen molar-refractivity contribution in [3.63, 3.8) is 0 Å². The average molecular weight is 152 g/mol. The van der Waals surface area contributed by atoms with Crippen molar-refractivity contribution in [3.05, 3.63) is 24.8 Å². The van der Waals surface area contributed by atoms with E-state index in [-0.39, 0.29) is 11.6 Å². The van der Waals surface area contributed by atoms with E-state index in [9.17, 15) is 9.59 Å². The topological polar surface area (TPSA) is 34.1 Å². The van der Waals surface area contributed by atoms with Gasteiger partial charge in [0.05, 0.1) is 0 Å². The Labute approximate surface area is 66.6 Å². The summed E-state index contributed by atoms with van der Waals surface area (Å²) in [6.45, 7) is 4.84. The lowest BCUT2D eigenvalue weighted by Crippen LogP contribution is -1.88. The number of Topliss-reactive ketones (excluding diaryl/α,β-unsaturated/α-hetero) is 1. The number of hydrogen-bond donors (Lipinski definition) is 0. The Hall–Kier alpha value is -1.18. The molecule has 0 saturated heterocycles. The fraction of sp³-hybridized carbons (Fsp3) is 0.333. The molecule has 0 rings (SSSR count). The summed E-state index contributed by atoms with van der Waals surface area (Å²) in [5.41, 5.74) is 0. The lowest BCUT2D eigenvalue weighted by molar-refractivity contribution is -0.117. The highest BCUT2D eigenvalue weighted by molar-refractivity contribution is 5.98. The standard InChI is InChI=1S/C9H12O2/c1-3-9(11)7-5-4-6-8(2)10/h3,5,7H,1,4,6H2,2H3. The Morgan fingerprint density at radius 3 is 2.55 bits per heavy atom. The SMILES string of the molecule is C=CC(=O)C=CCCC(C)=O. The van der Waals surface area contributed by atoms with Gasteiger partial charge in [0.2, 0.25) is 0 Å². The molecule has 0 N–H and O–H groups in total. The van der Waals surface area contributed by atoms with E-state index in [1.165, 1.54) is 19.1 Å². The zero-order chi connectivity index (χ0) is 8.69. The van der Waals surface area contributed by atoms with Gasteiger partial charge in [0.1, 0.15) is 5.78 Å². The van der Waals surface area contributed by atoms with Crippen LogP contribution in [0.15, 0.2) is 24.8 Å². The zero-order valence-electron chi connectivity index (χ0n) is 6.67. The van der Waals surface area contributed by atoms with Crippen molar-refractivity contribution in [3.8, 4) is 0 Å². The van der Waals surface area contributed by atoms with Gasteiger partial charge in [-0.15, -0.1) is 0 Å². The maximum Gasteiger partial charge on any atom is 0.177 e. The maximum absolute atomic E-state index is 10.6. The van der Waals surface area contributed by atoms with Crippen molar-refractivity contribution in [2.45, 2.75) is 19.8 Å². The fourth-order valence-electron chi connectivity index (χ4n) is 0.554. The Kier molecular flexibility index (Phi) is 4.99. The predicted octanol–water partition coefficient (Wildman–Crippen LogP) is 1.67. The molecule has 0 bridgehead atoms. The molecule has 0 aliphatic carbocycles. The van der Waals surface area contributed by atoms with E-state index in [0.29, 0.717) is 12.8 Å². The van der Waals surface area contributed by atoms with E-state index >= 15 is 0 Å². The van der Waals surface area contributed by atoms with Crippen LogP contribution in [0, 0.1) is 0 Å².